The first-order valence-electron chi connectivity index (χ1n) is 5.08. The Morgan fingerprint density at radius 1 is 1.62 bits per heavy atom. The van der Waals surface area contributed by atoms with Gasteiger partial charge in [0, 0.05) is 24.1 Å². The zero-order chi connectivity index (χ0) is 11.5. The van der Waals surface area contributed by atoms with Gasteiger partial charge in [0.05, 0.1) is 18.7 Å². The molecule has 0 aromatic carbocycles. The third-order valence-electron chi connectivity index (χ3n) is 2.16. The van der Waals surface area contributed by atoms with Crippen LogP contribution in [0.2, 0.25) is 0 Å². The molecule has 5 heteroatoms. The molecule has 2 heterocycles. The van der Waals surface area contributed by atoms with Crippen LogP contribution in [0.3, 0.4) is 0 Å². The Bertz CT molecular complexity index is 519. The van der Waals surface area contributed by atoms with Crippen LogP contribution in [0.1, 0.15) is 12.6 Å². The lowest BCUT2D eigenvalue weighted by atomic mass is 10.3. The maximum atomic E-state index is 11.3. The van der Waals surface area contributed by atoms with E-state index in [4.69, 9.17) is 10.5 Å². The highest BCUT2D eigenvalue weighted by molar-refractivity contribution is 5.72. The van der Waals surface area contributed by atoms with Crippen LogP contribution in [0.25, 0.3) is 5.65 Å². The summed E-state index contributed by atoms with van der Waals surface area (Å²) < 4.78 is 6.68. The molecule has 2 aromatic heterocycles. The summed E-state index contributed by atoms with van der Waals surface area (Å²) in [5, 5.41) is 0. The molecule has 0 saturated carbocycles. The van der Waals surface area contributed by atoms with E-state index in [-0.39, 0.29) is 12.4 Å². The minimum absolute atomic E-state index is 0.190. The van der Waals surface area contributed by atoms with Gasteiger partial charge in [0.15, 0.2) is 0 Å². The number of rotatable bonds is 3. The summed E-state index contributed by atoms with van der Waals surface area (Å²) in [6.07, 6.45) is 3.80. The molecule has 0 aliphatic heterocycles. The van der Waals surface area contributed by atoms with Gasteiger partial charge in [-0.25, -0.2) is 4.98 Å². The molecule has 2 aromatic rings. The monoisotopic (exact) mass is 219 g/mol. The zero-order valence-electron chi connectivity index (χ0n) is 9.01. The topological polar surface area (TPSA) is 69.6 Å². The molecule has 2 rings (SSSR count). The second kappa shape index (κ2) is 4.22. The molecule has 0 bridgehead atoms. The van der Waals surface area contributed by atoms with Gasteiger partial charge in [0.1, 0.15) is 5.65 Å². The largest absolute Gasteiger partial charge is 0.466 e. The number of hydrogen-bond acceptors (Lipinski definition) is 4. The molecule has 0 saturated heterocycles. The van der Waals surface area contributed by atoms with Gasteiger partial charge in [0.25, 0.3) is 0 Å². The summed E-state index contributed by atoms with van der Waals surface area (Å²) in [7, 11) is 0. The molecule has 0 spiro atoms. The van der Waals surface area contributed by atoms with Crippen LogP contribution in [-0.2, 0) is 16.0 Å². The highest BCUT2D eigenvalue weighted by Crippen LogP contribution is 2.10. The third kappa shape index (κ3) is 2.13. The van der Waals surface area contributed by atoms with Crippen LogP contribution in [0.4, 0.5) is 5.69 Å². The highest BCUT2D eigenvalue weighted by atomic mass is 16.5. The van der Waals surface area contributed by atoms with Crippen molar-refractivity contribution in [2.24, 2.45) is 0 Å². The molecule has 2 N–H and O–H groups in total. The summed E-state index contributed by atoms with van der Waals surface area (Å²) >= 11 is 0. The van der Waals surface area contributed by atoms with Gasteiger partial charge in [-0.2, -0.15) is 0 Å². The number of anilines is 1. The van der Waals surface area contributed by atoms with Crippen molar-refractivity contribution in [2.45, 2.75) is 13.3 Å². The Hall–Kier alpha value is -2.04. The van der Waals surface area contributed by atoms with Crippen molar-refractivity contribution < 1.29 is 9.53 Å². The van der Waals surface area contributed by atoms with Crippen LogP contribution in [0, 0.1) is 0 Å². The zero-order valence-corrected chi connectivity index (χ0v) is 9.01. The Kier molecular flexibility index (Phi) is 2.76. The SMILES string of the molecule is CCOC(=O)Cc1cn2ccc(N)cc2n1. The molecule has 0 fully saturated rings. The molecular weight excluding hydrogens is 206 g/mol. The average Bonchev–Trinajstić information content (AvgIpc) is 2.59. The molecule has 84 valence electrons. The van der Waals surface area contributed by atoms with Gasteiger partial charge < -0.3 is 14.9 Å². The van der Waals surface area contributed by atoms with Crippen molar-refractivity contribution >= 4 is 17.3 Å². The van der Waals surface area contributed by atoms with Crippen molar-refractivity contribution in [3.05, 3.63) is 30.2 Å². The van der Waals surface area contributed by atoms with E-state index in [2.05, 4.69) is 4.98 Å². The molecule has 0 amide bonds. The summed E-state index contributed by atoms with van der Waals surface area (Å²) in [4.78, 5) is 15.5. The van der Waals surface area contributed by atoms with E-state index < -0.39 is 0 Å². The van der Waals surface area contributed by atoms with Crippen LogP contribution < -0.4 is 5.73 Å². The van der Waals surface area contributed by atoms with Gasteiger partial charge in [-0.3, -0.25) is 4.79 Å². The Morgan fingerprint density at radius 3 is 3.19 bits per heavy atom. The quantitative estimate of drug-likeness (QED) is 0.782. The van der Waals surface area contributed by atoms with Gasteiger partial charge in [-0.05, 0) is 13.0 Å². The minimum Gasteiger partial charge on any atom is -0.466 e. The fourth-order valence-corrected chi connectivity index (χ4v) is 1.50. The van der Waals surface area contributed by atoms with Gasteiger partial charge in [-0.1, -0.05) is 0 Å². The van der Waals surface area contributed by atoms with Gasteiger partial charge in [0.2, 0.25) is 0 Å². The first-order chi connectivity index (χ1) is 7.69. The smallest absolute Gasteiger partial charge is 0.311 e. The second-order valence-electron chi connectivity index (χ2n) is 3.44. The molecule has 5 nitrogen and oxygen atoms in total. The lowest BCUT2D eigenvalue weighted by Crippen LogP contribution is -2.07. The number of ether oxygens (including phenoxy) is 1. The minimum atomic E-state index is -0.265. The van der Waals surface area contributed by atoms with Crippen molar-refractivity contribution in [2.75, 3.05) is 12.3 Å². The Balaban J connectivity index is 2.23. The van der Waals surface area contributed by atoms with E-state index in [0.717, 1.165) is 5.65 Å². The van der Waals surface area contributed by atoms with E-state index in [1.165, 1.54) is 0 Å². The normalized spacial score (nSPS) is 10.6. The number of imidazole rings is 1. The number of pyridine rings is 1. The van der Waals surface area contributed by atoms with Crippen LogP contribution in [0.15, 0.2) is 24.5 Å². The van der Waals surface area contributed by atoms with Crippen molar-refractivity contribution in [3.8, 4) is 0 Å². The number of nitrogens with zero attached hydrogens (tertiary/aromatic N) is 2. The van der Waals surface area contributed by atoms with Crippen LogP contribution in [0.5, 0.6) is 0 Å². The Morgan fingerprint density at radius 2 is 2.44 bits per heavy atom. The van der Waals surface area contributed by atoms with E-state index in [9.17, 15) is 4.79 Å². The van der Waals surface area contributed by atoms with Crippen LogP contribution >= 0.6 is 0 Å². The predicted molar refractivity (Wildman–Crippen MR) is 59.9 cm³/mol. The molecule has 0 unspecified atom stereocenters. The van der Waals surface area contributed by atoms with Crippen molar-refractivity contribution in [1.29, 1.82) is 0 Å². The maximum absolute atomic E-state index is 11.3. The summed E-state index contributed by atoms with van der Waals surface area (Å²) in [5.74, 6) is -0.265. The van der Waals surface area contributed by atoms with E-state index >= 15 is 0 Å². The number of esters is 1. The average molecular weight is 219 g/mol. The predicted octanol–water partition coefficient (Wildman–Crippen LogP) is 1.02. The molecular formula is C11H13N3O2. The fraction of sp³-hybridized carbons (Fsp3) is 0.273. The second-order valence-corrected chi connectivity index (χ2v) is 3.44. The molecule has 0 aliphatic rings. The first-order valence-corrected chi connectivity index (χ1v) is 5.08. The van der Waals surface area contributed by atoms with E-state index in [1.807, 2.05) is 10.6 Å². The number of fused-ring (bicyclic) bond motifs is 1. The molecule has 0 aliphatic carbocycles. The van der Waals surface area contributed by atoms with E-state index in [1.54, 1.807) is 25.3 Å². The first kappa shape index (κ1) is 10.5. The molecule has 0 atom stereocenters. The lowest BCUT2D eigenvalue weighted by molar-refractivity contribution is -0.142. The van der Waals surface area contributed by atoms with E-state index in [0.29, 0.717) is 18.0 Å². The number of nitrogens with two attached hydrogens (primary N) is 1. The van der Waals surface area contributed by atoms with Crippen molar-refractivity contribution in [3.63, 3.8) is 0 Å². The number of carbonyl (C=O) groups excluding carboxylic acids is 1. The number of hydrogen-bond donors (Lipinski definition) is 1. The summed E-state index contributed by atoms with van der Waals surface area (Å²) in [6, 6.07) is 3.54. The number of nitrogen functional groups attached to an aromatic ring is 1. The maximum Gasteiger partial charge on any atom is 0.311 e. The number of aromatic nitrogens is 2. The lowest BCUT2D eigenvalue weighted by Gasteiger charge is -1.97. The summed E-state index contributed by atoms with van der Waals surface area (Å²) in [5.41, 5.74) is 7.71. The standard InChI is InChI=1S/C11H13N3O2/c1-2-16-11(15)6-9-7-14-4-3-8(12)5-10(14)13-9/h3-5,7H,2,6,12H2,1H3. The van der Waals surface area contributed by atoms with Crippen LogP contribution in [-0.4, -0.2) is 22.0 Å². The van der Waals surface area contributed by atoms with Gasteiger partial charge in [-0.15, -0.1) is 0 Å². The van der Waals surface area contributed by atoms with Gasteiger partial charge >= 0.3 is 5.97 Å². The highest BCUT2D eigenvalue weighted by Gasteiger charge is 2.08. The molecule has 0 radical (unpaired) electrons. The fourth-order valence-electron chi connectivity index (χ4n) is 1.50. The molecule has 16 heavy (non-hydrogen) atoms. The van der Waals surface area contributed by atoms with Crippen molar-refractivity contribution in [1.82, 2.24) is 9.38 Å². The summed E-state index contributed by atoms with van der Waals surface area (Å²) in [6.45, 7) is 2.17. The number of carbonyl (C=O) groups is 1. The third-order valence-corrected chi connectivity index (χ3v) is 2.16. The Labute approximate surface area is 92.8 Å².